The number of carbonyl (C=O) groups excluding carboxylic acids is 1. The number of carbonyl (C=O) groups is 1. The van der Waals surface area contributed by atoms with Crippen LogP contribution < -0.4 is 5.32 Å². The summed E-state index contributed by atoms with van der Waals surface area (Å²) in [5.41, 5.74) is 0. The van der Waals surface area contributed by atoms with E-state index in [0.717, 1.165) is 6.92 Å². The summed E-state index contributed by atoms with van der Waals surface area (Å²) in [7, 11) is -5.23. The lowest BCUT2D eigenvalue weighted by Crippen LogP contribution is -2.68. The lowest BCUT2D eigenvalue weighted by Gasteiger charge is -2.48. The highest BCUT2D eigenvalue weighted by Crippen LogP contribution is 2.33. The van der Waals surface area contributed by atoms with Crippen molar-refractivity contribution in [3.63, 3.8) is 0 Å². The van der Waals surface area contributed by atoms with Gasteiger partial charge in [-0.1, -0.05) is 0 Å². The molecule has 0 saturated carbocycles. The van der Waals surface area contributed by atoms with E-state index in [1.165, 1.54) is 0 Å². The molecule has 0 aromatic rings. The van der Waals surface area contributed by atoms with Crippen molar-refractivity contribution in [3.8, 4) is 0 Å². The van der Waals surface area contributed by atoms with Gasteiger partial charge in [0.15, 0.2) is 18.9 Å². The fraction of sp³-hybridized carbons (Fsp3) is 0.950. The summed E-state index contributed by atoms with van der Waals surface area (Å²) in [5.74, 6) is -0.679. The highest BCUT2D eigenvalue weighted by molar-refractivity contribution is 7.80. The van der Waals surface area contributed by atoms with E-state index in [2.05, 4.69) is 9.50 Å². The van der Waals surface area contributed by atoms with Crippen molar-refractivity contribution in [2.45, 2.75) is 99.0 Å². The summed E-state index contributed by atoms with van der Waals surface area (Å²) in [5, 5.41) is 94.2. The summed E-state index contributed by atoms with van der Waals surface area (Å²) in [6, 6.07) is -1.45. The minimum absolute atomic E-state index is 0.679. The Kier molecular flexibility index (Phi) is 11.7. The second-order valence-corrected chi connectivity index (χ2v) is 10.6. The molecule has 3 heterocycles. The SMILES string of the molecule is CC(=O)N[C@H]1C(O)O[C@H](CO)[C@H](O)[C@@H]1O[C@@H]1O[C@H](CO)[C@H](O[C@@H]2O[C@H](CO)[C@H](O)[C@H](OS(=O)(=O)O)[C@H]2O)[C@H](O)[C@H]1O. The van der Waals surface area contributed by atoms with E-state index in [1.54, 1.807) is 0 Å². The Labute approximate surface area is 232 Å². The number of rotatable bonds is 10. The molecule has 3 aliphatic rings. The van der Waals surface area contributed by atoms with Gasteiger partial charge >= 0.3 is 10.4 Å². The van der Waals surface area contributed by atoms with E-state index in [1.807, 2.05) is 0 Å². The summed E-state index contributed by atoms with van der Waals surface area (Å²) >= 11 is 0. The number of ether oxygens (including phenoxy) is 5. The highest BCUT2D eigenvalue weighted by Gasteiger charge is 2.54. The number of aliphatic hydroxyl groups is 9. The molecule has 3 saturated heterocycles. The first kappa shape index (κ1) is 34.3. The molecule has 0 spiro atoms. The van der Waals surface area contributed by atoms with E-state index >= 15 is 0 Å². The van der Waals surface area contributed by atoms with Crippen molar-refractivity contribution in [1.29, 1.82) is 0 Å². The fourth-order valence-corrected chi connectivity index (χ4v) is 5.21. The quantitative estimate of drug-likeness (QED) is 0.100. The van der Waals surface area contributed by atoms with Gasteiger partial charge in [-0.25, -0.2) is 4.18 Å². The monoisotopic (exact) mass is 625 g/mol. The number of nitrogens with one attached hydrogen (secondary N) is 1. The van der Waals surface area contributed by atoms with Crippen LogP contribution in [0.5, 0.6) is 0 Å². The van der Waals surface area contributed by atoms with Crippen LogP contribution in [0.2, 0.25) is 0 Å². The van der Waals surface area contributed by atoms with Crippen molar-refractivity contribution in [2.24, 2.45) is 0 Å². The van der Waals surface area contributed by atoms with Gasteiger partial charge in [0.05, 0.1) is 19.8 Å². The molecule has 0 bridgehead atoms. The van der Waals surface area contributed by atoms with E-state index in [-0.39, 0.29) is 0 Å². The van der Waals surface area contributed by atoms with Crippen LogP contribution in [0.25, 0.3) is 0 Å². The Morgan fingerprint density at radius 1 is 0.707 bits per heavy atom. The van der Waals surface area contributed by atoms with Crippen LogP contribution in [0, 0.1) is 0 Å². The fourth-order valence-electron chi connectivity index (χ4n) is 4.70. The normalized spacial score (nSPS) is 45.8. The molecule has 1 unspecified atom stereocenters. The van der Waals surface area contributed by atoms with Gasteiger partial charge < -0.3 is 75.0 Å². The van der Waals surface area contributed by atoms with Crippen LogP contribution in [-0.4, -0.2) is 177 Å². The molecule has 0 radical (unpaired) electrons. The third-order valence-electron chi connectivity index (χ3n) is 6.70. The lowest BCUT2D eigenvalue weighted by atomic mass is 9.95. The average Bonchev–Trinajstić information content (AvgIpc) is 2.90. The molecule has 0 aliphatic carbocycles. The molecule has 0 aromatic heterocycles. The molecule has 3 aliphatic heterocycles. The zero-order valence-electron chi connectivity index (χ0n) is 21.3. The van der Waals surface area contributed by atoms with Gasteiger partial charge in [0.1, 0.15) is 73.2 Å². The van der Waals surface area contributed by atoms with E-state index < -0.39 is 128 Å². The van der Waals surface area contributed by atoms with Crippen molar-refractivity contribution in [2.75, 3.05) is 19.8 Å². The third-order valence-corrected chi connectivity index (χ3v) is 7.17. The first-order valence-electron chi connectivity index (χ1n) is 12.2. The molecule has 15 atom stereocenters. The van der Waals surface area contributed by atoms with Gasteiger partial charge in [-0.15, -0.1) is 0 Å². The van der Waals surface area contributed by atoms with E-state index in [9.17, 15) is 59.2 Å². The van der Waals surface area contributed by atoms with Gasteiger partial charge in [-0.05, 0) is 0 Å². The van der Waals surface area contributed by atoms with Gasteiger partial charge in [0.25, 0.3) is 0 Å². The molecule has 3 fully saturated rings. The average molecular weight is 626 g/mol. The Morgan fingerprint density at radius 3 is 1.73 bits per heavy atom. The lowest BCUT2D eigenvalue weighted by molar-refractivity contribution is -0.371. The van der Waals surface area contributed by atoms with Crippen molar-refractivity contribution in [1.82, 2.24) is 5.32 Å². The smallest absolute Gasteiger partial charge is 0.394 e. The van der Waals surface area contributed by atoms with Gasteiger partial charge in [0.2, 0.25) is 5.91 Å². The van der Waals surface area contributed by atoms with E-state index in [4.69, 9.17) is 28.2 Å². The Balaban J connectivity index is 1.80. The second kappa shape index (κ2) is 14.0. The molecule has 3 rings (SSSR count). The minimum atomic E-state index is -5.23. The molecule has 240 valence electrons. The predicted octanol–water partition coefficient (Wildman–Crippen LogP) is -7.60. The first-order valence-corrected chi connectivity index (χ1v) is 13.6. The van der Waals surface area contributed by atoms with Crippen LogP contribution in [0.15, 0.2) is 0 Å². The van der Waals surface area contributed by atoms with Crippen LogP contribution in [0.4, 0.5) is 0 Å². The summed E-state index contributed by atoms with van der Waals surface area (Å²) in [4.78, 5) is 11.6. The Hall–Kier alpha value is -1.22. The summed E-state index contributed by atoms with van der Waals surface area (Å²) < 4.78 is 62.4. The molecule has 1 amide bonds. The third kappa shape index (κ3) is 7.84. The summed E-state index contributed by atoms with van der Waals surface area (Å²) in [6.45, 7) is -1.59. The van der Waals surface area contributed by atoms with Crippen LogP contribution in [0.1, 0.15) is 6.92 Å². The van der Waals surface area contributed by atoms with Crippen molar-refractivity contribution < 1.29 is 91.6 Å². The standard InChI is InChI=1S/C20H35NO19S/c1-5(25)21-9-16(10(26)6(2-22)35-18(9)31)39-19-13(29)12(28)15(8(4-24)37-19)38-20-14(30)17(40-41(32,33)34)11(27)7(3-23)36-20/h6-20,22-24,26-31H,2-4H2,1H3,(H,21,25)(H,32,33,34)/t6-,7-,8-,9-,10+,11+,12-,13-,14-,15+,16-,17+,18?,19+,20+/m1/s1. The largest absolute Gasteiger partial charge is 0.397 e. The maximum absolute atomic E-state index is 11.6. The van der Waals surface area contributed by atoms with E-state index in [0.29, 0.717) is 0 Å². The summed E-state index contributed by atoms with van der Waals surface area (Å²) in [6.07, 6.45) is -25.7. The van der Waals surface area contributed by atoms with Crippen molar-refractivity contribution in [3.05, 3.63) is 0 Å². The Morgan fingerprint density at radius 2 is 1.20 bits per heavy atom. The minimum Gasteiger partial charge on any atom is -0.394 e. The number of aliphatic hydroxyl groups excluding tert-OH is 9. The van der Waals surface area contributed by atoms with Crippen LogP contribution in [-0.2, 0) is 43.1 Å². The molecule has 0 aromatic carbocycles. The topological polar surface area (TPSA) is 321 Å². The van der Waals surface area contributed by atoms with Gasteiger partial charge in [-0.3, -0.25) is 9.35 Å². The highest BCUT2D eigenvalue weighted by atomic mass is 32.3. The number of amides is 1. The first-order chi connectivity index (χ1) is 19.1. The molecule has 21 heteroatoms. The van der Waals surface area contributed by atoms with Gasteiger partial charge in [-0.2, -0.15) is 8.42 Å². The van der Waals surface area contributed by atoms with Gasteiger partial charge in [0, 0.05) is 6.92 Å². The predicted molar refractivity (Wildman–Crippen MR) is 123 cm³/mol. The molecule has 41 heavy (non-hydrogen) atoms. The maximum Gasteiger partial charge on any atom is 0.397 e. The Bertz CT molecular complexity index is 970. The zero-order chi connectivity index (χ0) is 30.8. The molecule has 20 nitrogen and oxygen atoms in total. The number of hydrogen-bond donors (Lipinski definition) is 11. The van der Waals surface area contributed by atoms with Crippen LogP contribution in [0.3, 0.4) is 0 Å². The van der Waals surface area contributed by atoms with Crippen molar-refractivity contribution >= 4 is 16.3 Å². The number of hydrogen-bond acceptors (Lipinski definition) is 18. The molecular weight excluding hydrogens is 590 g/mol. The maximum atomic E-state index is 11.6. The molecule has 11 N–H and O–H groups in total. The van der Waals surface area contributed by atoms with Crippen LogP contribution >= 0.6 is 0 Å². The molecular formula is C20H35NO19S. The zero-order valence-corrected chi connectivity index (χ0v) is 22.2. The second-order valence-electron chi connectivity index (χ2n) is 9.57.